The molecule has 2 aromatic rings. The fourth-order valence-electron chi connectivity index (χ4n) is 2.40. The van der Waals surface area contributed by atoms with Gasteiger partial charge in [-0.25, -0.2) is 0 Å². The van der Waals surface area contributed by atoms with Crippen molar-refractivity contribution in [3.05, 3.63) is 40.6 Å². The molecule has 0 N–H and O–H groups in total. The zero-order valence-electron chi connectivity index (χ0n) is 12.6. The second kappa shape index (κ2) is 4.44. The number of Topliss-reactive ketones (excluding diaryl/α,β-unsaturated/α-hetero) is 1. The van der Waals surface area contributed by atoms with E-state index in [4.69, 9.17) is 0 Å². The van der Waals surface area contributed by atoms with E-state index in [0.717, 1.165) is 27.7 Å². The molecule has 0 unspecified atom stereocenters. The number of fused-ring (bicyclic) bond motifs is 1. The lowest BCUT2D eigenvalue weighted by atomic mass is 9.85. The quantitative estimate of drug-likeness (QED) is 0.709. The second-order valence-corrected chi connectivity index (χ2v) is 6.24. The number of nitrogens with zero attached hydrogens (tertiary/aromatic N) is 1. The van der Waals surface area contributed by atoms with Crippen LogP contribution >= 0.6 is 0 Å². The van der Waals surface area contributed by atoms with Crippen LogP contribution in [0.1, 0.15) is 54.9 Å². The first-order valence-corrected chi connectivity index (χ1v) is 6.64. The molecule has 0 amide bonds. The monoisotopic (exact) mass is 255 g/mol. The highest BCUT2D eigenvalue weighted by Gasteiger charge is 2.18. The highest BCUT2D eigenvalue weighted by Crippen LogP contribution is 2.29. The van der Waals surface area contributed by atoms with Crippen LogP contribution in [0.5, 0.6) is 0 Å². The molecule has 0 bridgehead atoms. The van der Waals surface area contributed by atoms with Gasteiger partial charge in [0, 0.05) is 16.6 Å². The van der Waals surface area contributed by atoms with Crippen molar-refractivity contribution in [2.45, 2.75) is 47.0 Å². The van der Waals surface area contributed by atoms with Gasteiger partial charge in [0.2, 0.25) is 0 Å². The van der Waals surface area contributed by atoms with Gasteiger partial charge < -0.3 is 0 Å². The number of carbonyl (C=O) groups excluding carboxylic acids is 1. The first-order chi connectivity index (χ1) is 8.71. The molecule has 19 heavy (non-hydrogen) atoms. The van der Waals surface area contributed by atoms with E-state index in [-0.39, 0.29) is 11.2 Å². The van der Waals surface area contributed by atoms with Crippen LogP contribution in [-0.4, -0.2) is 10.8 Å². The van der Waals surface area contributed by atoms with E-state index in [1.807, 2.05) is 19.9 Å². The second-order valence-electron chi connectivity index (χ2n) is 6.24. The van der Waals surface area contributed by atoms with Crippen molar-refractivity contribution in [2.24, 2.45) is 0 Å². The van der Waals surface area contributed by atoms with Gasteiger partial charge in [-0.2, -0.15) is 0 Å². The number of benzene rings is 1. The summed E-state index contributed by atoms with van der Waals surface area (Å²) < 4.78 is 0. The van der Waals surface area contributed by atoms with Crippen LogP contribution in [0.25, 0.3) is 10.9 Å². The number of hydrogen-bond donors (Lipinski definition) is 0. The van der Waals surface area contributed by atoms with Gasteiger partial charge in [0.05, 0.1) is 5.52 Å². The Kier molecular flexibility index (Phi) is 3.21. The Morgan fingerprint density at radius 2 is 1.79 bits per heavy atom. The van der Waals surface area contributed by atoms with E-state index < -0.39 is 0 Å². The summed E-state index contributed by atoms with van der Waals surface area (Å²) in [5, 5.41) is 0.975. The van der Waals surface area contributed by atoms with Crippen LogP contribution in [0.15, 0.2) is 18.2 Å². The molecular formula is C17H21NO. The van der Waals surface area contributed by atoms with Gasteiger partial charge in [-0.15, -0.1) is 0 Å². The Bertz CT molecular complexity index is 663. The van der Waals surface area contributed by atoms with E-state index >= 15 is 0 Å². The summed E-state index contributed by atoms with van der Waals surface area (Å²) in [6.07, 6.45) is 0. The van der Waals surface area contributed by atoms with Crippen LogP contribution in [0.4, 0.5) is 0 Å². The number of aryl methyl sites for hydroxylation is 1. The summed E-state index contributed by atoms with van der Waals surface area (Å²) in [7, 11) is 0. The van der Waals surface area contributed by atoms with Crippen molar-refractivity contribution in [1.82, 2.24) is 4.98 Å². The number of aromatic nitrogens is 1. The normalized spacial score (nSPS) is 11.9. The lowest BCUT2D eigenvalue weighted by Gasteiger charge is -2.20. The Hall–Kier alpha value is -1.70. The van der Waals surface area contributed by atoms with Crippen molar-refractivity contribution >= 4 is 16.7 Å². The highest BCUT2D eigenvalue weighted by atomic mass is 16.1. The molecule has 0 atom stereocenters. The molecule has 0 fully saturated rings. The maximum atomic E-state index is 12.0. The molecule has 1 aromatic heterocycles. The van der Waals surface area contributed by atoms with Gasteiger partial charge in [-0.3, -0.25) is 9.78 Å². The summed E-state index contributed by atoms with van der Waals surface area (Å²) in [6.45, 7) is 12.1. The average Bonchev–Trinajstić information content (AvgIpc) is 2.28. The van der Waals surface area contributed by atoms with Crippen LogP contribution in [0.2, 0.25) is 0 Å². The standard InChI is InChI=1S/C17H21NO/c1-10-11(2)18-15-8-7-13(17(4,5)6)9-14(15)16(10)12(3)19/h7-9H,1-6H3. The maximum Gasteiger partial charge on any atom is 0.160 e. The van der Waals surface area contributed by atoms with Crippen molar-refractivity contribution in [3.8, 4) is 0 Å². The fourth-order valence-corrected chi connectivity index (χ4v) is 2.40. The van der Waals surface area contributed by atoms with Gasteiger partial charge in [-0.05, 0) is 49.4 Å². The Labute approximate surface area is 114 Å². The fraction of sp³-hybridized carbons (Fsp3) is 0.412. The van der Waals surface area contributed by atoms with Crippen LogP contribution in [0, 0.1) is 13.8 Å². The molecule has 2 rings (SSSR count). The average molecular weight is 255 g/mol. The zero-order valence-corrected chi connectivity index (χ0v) is 12.6. The molecule has 2 heteroatoms. The molecule has 0 aliphatic rings. The number of pyridine rings is 1. The minimum atomic E-state index is 0.0705. The summed E-state index contributed by atoms with van der Waals surface area (Å²) in [4.78, 5) is 16.6. The zero-order chi connectivity index (χ0) is 14.4. The Balaban J connectivity index is 2.87. The predicted molar refractivity (Wildman–Crippen MR) is 79.9 cm³/mol. The van der Waals surface area contributed by atoms with Gasteiger partial charge in [-0.1, -0.05) is 26.8 Å². The summed E-state index contributed by atoms with van der Waals surface area (Å²) in [5.41, 5.74) is 4.94. The molecule has 1 aromatic carbocycles. The van der Waals surface area contributed by atoms with Gasteiger partial charge >= 0.3 is 0 Å². The van der Waals surface area contributed by atoms with Crippen LogP contribution in [0.3, 0.4) is 0 Å². The van der Waals surface area contributed by atoms with Gasteiger partial charge in [0.25, 0.3) is 0 Å². The predicted octanol–water partition coefficient (Wildman–Crippen LogP) is 4.35. The largest absolute Gasteiger partial charge is 0.294 e. The number of hydrogen-bond acceptors (Lipinski definition) is 2. The number of rotatable bonds is 1. The molecule has 1 heterocycles. The number of ketones is 1. The molecule has 0 saturated heterocycles. The third-order valence-electron chi connectivity index (χ3n) is 3.69. The molecule has 0 spiro atoms. The van der Waals surface area contributed by atoms with Crippen molar-refractivity contribution in [2.75, 3.05) is 0 Å². The van der Waals surface area contributed by atoms with E-state index in [0.29, 0.717) is 0 Å². The van der Waals surface area contributed by atoms with E-state index in [1.165, 1.54) is 5.56 Å². The smallest absolute Gasteiger partial charge is 0.160 e. The SMILES string of the molecule is CC(=O)c1c(C)c(C)nc2ccc(C(C)(C)C)cc12. The number of carbonyl (C=O) groups is 1. The molecule has 0 saturated carbocycles. The Morgan fingerprint density at radius 1 is 1.16 bits per heavy atom. The van der Waals surface area contributed by atoms with Gasteiger partial charge in [0.1, 0.15) is 0 Å². The summed E-state index contributed by atoms with van der Waals surface area (Å²) in [6, 6.07) is 6.24. The molecule has 2 nitrogen and oxygen atoms in total. The van der Waals surface area contributed by atoms with E-state index in [1.54, 1.807) is 6.92 Å². The lowest BCUT2D eigenvalue weighted by molar-refractivity contribution is 0.101. The Morgan fingerprint density at radius 3 is 2.32 bits per heavy atom. The minimum Gasteiger partial charge on any atom is -0.294 e. The maximum absolute atomic E-state index is 12.0. The van der Waals surface area contributed by atoms with E-state index in [2.05, 4.69) is 37.9 Å². The molecule has 0 aliphatic carbocycles. The summed E-state index contributed by atoms with van der Waals surface area (Å²) in [5.74, 6) is 0.110. The van der Waals surface area contributed by atoms with E-state index in [9.17, 15) is 4.79 Å². The van der Waals surface area contributed by atoms with Crippen molar-refractivity contribution in [1.29, 1.82) is 0 Å². The summed E-state index contributed by atoms with van der Waals surface area (Å²) >= 11 is 0. The minimum absolute atomic E-state index is 0.0705. The van der Waals surface area contributed by atoms with Crippen molar-refractivity contribution in [3.63, 3.8) is 0 Å². The third kappa shape index (κ3) is 2.40. The molecule has 0 aliphatic heterocycles. The first-order valence-electron chi connectivity index (χ1n) is 6.64. The third-order valence-corrected chi connectivity index (χ3v) is 3.69. The molecule has 100 valence electrons. The molecular weight excluding hydrogens is 234 g/mol. The van der Waals surface area contributed by atoms with Crippen molar-refractivity contribution < 1.29 is 4.79 Å². The van der Waals surface area contributed by atoms with Crippen LogP contribution < -0.4 is 0 Å². The first kappa shape index (κ1) is 13.7. The molecule has 0 radical (unpaired) electrons. The lowest BCUT2D eigenvalue weighted by Crippen LogP contribution is -2.11. The van der Waals surface area contributed by atoms with Gasteiger partial charge in [0.15, 0.2) is 5.78 Å². The topological polar surface area (TPSA) is 30.0 Å². The highest BCUT2D eigenvalue weighted by molar-refractivity contribution is 6.07. The van der Waals surface area contributed by atoms with Crippen LogP contribution in [-0.2, 0) is 5.41 Å².